The van der Waals surface area contributed by atoms with E-state index in [-0.39, 0.29) is 92.7 Å². The Labute approximate surface area is 448 Å². The first kappa shape index (κ1) is 65.3. The molecule has 2 aromatic rings. The van der Waals surface area contributed by atoms with Gasteiger partial charge in [0.1, 0.15) is 5.78 Å². The molecule has 0 radical (unpaired) electrons. The summed E-state index contributed by atoms with van der Waals surface area (Å²) in [5.41, 5.74) is 35.2. The first-order valence-corrected chi connectivity index (χ1v) is 28.1. The maximum atomic E-state index is 14.7. The lowest BCUT2D eigenvalue weighted by Crippen LogP contribution is -2.49. The van der Waals surface area contributed by atoms with Gasteiger partial charge in [0, 0.05) is 91.9 Å². The minimum Gasteiger partial charge on any atom is -0.370 e. The number of aromatic amines is 1. The summed E-state index contributed by atoms with van der Waals surface area (Å²) < 4.78 is 0. The summed E-state index contributed by atoms with van der Waals surface area (Å²) in [5.74, 6) is -6.78. The van der Waals surface area contributed by atoms with Crippen LogP contribution in [-0.4, -0.2) is 113 Å². The zero-order chi connectivity index (χ0) is 56.2. The van der Waals surface area contributed by atoms with Gasteiger partial charge >= 0.3 is 0 Å². The fourth-order valence-corrected chi connectivity index (χ4v) is 9.63. The number of carbonyl (C=O) groups is 8. The molecule has 420 valence electrons. The van der Waals surface area contributed by atoms with Crippen molar-refractivity contribution in [2.45, 2.75) is 156 Å². The lowest BCUT2D eigenvalue weighted by molar-refractivity contribution is -0.136. The summed E-state index contributed by atoms with van der Waals surface area (Å²) in [4.78, 5) is 123. The molecule has 0 aliphatic heterocycles. The Morgan fingerprint density at radius 2 is 1.20 bits per heavy atom. The molecular weight excluding hydrogens is 977 g/mol. The molecule has 0 aliphatic carbocycles. The highest BCUT2D eigenvalue weighted by atomic mass is 32.2. The molecule has 0 bridgehead atoms. The van der Waals surface area contributed by atoms with Crippen LogP contribution in [0.5, 0.6) is 0 Å². The van der Waals surface area contributed by atoms with E-state index < -0.39 is 77.0 Å². The van der Waals surface area contributed by atoms with E-state index in [2.05, 4.69) is 30.9 Å². The molecule has 0 unspecified atom stereocenters. The van der Waals surface area contributed by atoms with Crippen molar-refractivity contribution in [3.8, 4) is 0 Å². The van der Waals surface area contributed by atoms with Crippen molar-refractivity contribution in [1.29, 1.82) is 0 Å². The molecule has 20 nitrogen and oxygen atoms in total. The van der Waals surface area contributed by atoms with E-state index in [0.29, 0.717) is 70.2 Å². The summed E-state index contributed by atoms with van der Waals surface area (Å²) in [5, 5.41) is 9.55. The highest BCUT2D eigenvalue weighted by Gasteiger charge is 2.35. The lowest BCUT2D eigenvalue weighted by Gasteiger charge is -2.26. The summed E-state index contributed by atoms with van der Waals surface area (Å²) >= 11 is 1.49. The predicted octanol–water partition coefficient (Wildman–Crippen LogP) is 3.69. The number of primary amides is 1. The van der Waals surface area contributed by atoms with E-state index in [9.17, 15) is 38.4 Å². The number of aromatic nitrogens is 1. The van der Waals surface area contributed by atoms with E-state index >= 15 is 0 Å². The number of benzene rings is 1. The molecule has 1 aromatic carbocycles. The number of amides is 4. The number of rotatable bonds is 40. The van der Waals surface area contributed by atoms with Crippen LogP contribution < -0.4 is 50.4 Å². The molecule has 0 aliphatic rings. The number of hydrogen-bond donors (Lipinski definition) is 10. The fourth-order valence-electron chi connectivity index (χ4n) is 9.11. The second kappa shape index (κ2) is 34.7. The number of carbonyl (C=O) groups excluding carboxylic acids is 8. The molecule has 9 atom stereocenters. The number of nitrogens with one attached hydrogen (secondary N) is 4. The smallest absolute Gasteiger partial charge is 0.224 e. The standard InChI is InChI=1S/C54H90N12O8S/c1-8-33(4)41(49(56)71)30-46(68)35(6)64-50(72)37(20-24-75-7)28-48(70)44(26-39-31-63-42-18-10-9-17-40(39)42)66-51(73)36(16-11-12-21-55)27-47(69)43(19-14-23-62-54(59)60)65-52(74)38(25-32(2)3)29-45(67)34(5)15-13-22-61-53(57)58/h9-10,17-18,31-38,41,43-44,63H,8,11-16,19-30,55H2,1-7H3,(H2,56,71)(H,64,72)(H,65,74)(H,66,73)(H4,57,58,61)(H4,59,60,62)/t33-,34-,35-,36+,37+,38+,41-,43-,44-/m0/s1. The first-order valence-electron chi connectivity index (χ1n) is 26.7. The minimum absolute atomic E-state index is 0.0315. The number of thioether (sulfide) groups is 1. The Morgan fingerprint density at radius 1 is 0.640 bits per heavy atom. The molecule has 0 spiro atoms. The normalized spacial score (nSPS) is 15.0. The largest absolute Gasteiger partial charge is 0.370 e. The van der Waals surface area contributed by atoms with Crippen LogP contribution in [0.1, 0.15) is 137 Å². The highest BCUT2D eigenvalue weighted by Crippen LogP contribution is 2.26. The maximum absolute atomic E-state index is 14.7. The molecule has 0 saturated carbocycles. The average molecular weight is 1070 g/mol. The monoisotopic (exact) mass is 1070 g/mol. The van der Waals surface area contributed by atoms with Gasteiger partial charge < -0.3 is 55.3 Å². The number of para-hydroxylation sites is 1. The number of nitrogens with zero attached hydrogens (tertiary/aromatic N) is 2. The van der Waals surface area contributed by atoms with E-state index in [1.807, 2.05) is 58.2 Å². The van der Waals surface area contributed by atoms with Crippen molar-refractivity contribution in [3.05, 3.63) is 36.0 Å². The summed E-state index contributed by atoms with van der Waals surface area (Å²) in [6, 6.07) is 4.36. The van der Waals surface area contributed by atoms with Gasteiger partial charge in [0.2, 0.25) is 23.6 Å². The van der Waals surface area contributed by atoms with Crippen LogP contribution in [0.3, 0.4) is 0 Å². The lowest BCUT2D eigenvalue weighted by atomic mass is 9.85. The first-order chi connectivity index (χ1) is 35.5. The molecule has 75 heavy (non-hydrogen) atoms. The topological polar surface area (TPSA) is 369 Å². The van der Waals surface area contributed by atoms with Crippen LogP contribution in [0.25, 0.3) is 10.9 Å². The van der Waals surface area contributed by atoms with Crippen molar-refractivity contribution < 1.29 is 38.4 Å². The van der Waals surface area contributed by atoms with E-state index in [4.69, 9.17) is 34.4 Å². The average Bonchev–Trinajstić information content (AvgIpc) is 3.77. The third-order valence-corrected chi connectivity index (χ3v) is 14.6. The van der Waals surface area contributed by atoms with Crippen LogP contribution in [0.2, 0.25) is 0 Å². The molecular formula is C54H90N12O8S. The van der Waals surface area contributed by atoms with Gasteiger partial charge in [-0.25, -0.2) is 0 Å². The van der Waals surface area contributed by atoms with Gasteiger partial charge in [-0.3, -0.25) is 48.3 Å². The number of nitrogens with two attached hydrogens (primary N) is 6. The second-order valence-corrected chi connectivity index (χ2v) is 21.6. The van der Waals surface area contributed by atoms with Crippen LogP contribution in [0, 0.1) is 41.4 Å². The zero-order valence-electron chi connectivity index (χ0n) is 45.6. The highest BCUT2D eigenvalue weighted by molar-refractivity contribution is 7.98. The van der Waals surface area contributed by atoms with E-state index in [0.717, 1.165) is 16.5 Å². The van der Waals surface area contributed by atoms with Crippen molar-refractivity contribution in [2.75, 3.05) is 31.6 Å². The third-order valence-electron chi connectivity index (χ3n) is 13.9. The number of aliphatic imine (C=N–C) groups is 2. The predicted molar refractivity (Wildman–Crippen MR) is 299 cm³/mol. The molecule has 0 fully saturated rings. The Balaban J connectivity index is 2.51. The number of unbranched alkanes of at least 4 members (excludes halogenated alkanes) is 1. The molecule has 21 heteroatoms. The molecule has 1 aromatic heterocycles. The summed E-state index contributed by atoms with van der Waals surface area (Å²) in [7, 11) is 0. The Kier molecular flexibility index (Phi) is 30.2. The minimum atomic E-state index is -1.14. The van der Waals surface area contributed by atoms with Gasteiger partial charge in [-0.05, 0) is 100 Å². The molecule has 1 heterocycles. The molecule has 16 N–H and O–H groups in total. The fraction of sp³-hybridized carbons (Fsp3) is 0.667. The van der Waals surface area contributed by atoms with Crippen molar-refractivity contribution in [3.63, 3.8) is 0 Å². The quantitative estimate of drug-likeness (QED) is 0.0259. The Bertz CT molecular complexity index is 2230. The van der Waals surface area contributed by atoms with Gasteiger partial charge in [-0.1, -0.05) is 65.7 Å². The third kappa shape index (κ3) is 24.2. The van der Waals surface area contributed by atoms with Gasteiger partial charge in [0.05, 0.1) is 18.1 Å². The van der Waals surface area contributed by atoms with Crippen LogP contribution in [-0.2, 0) is 44.8 Å². The maximum Gasteiger partial charge on any atom is 0.224 e. The van der Waals surface area contributed by atoms with Crippen molar-refractivity contribution >= 4 is 81.3 Å². The van der Waals surface area contributed by atoms with Gasteiger partial charge in [-0.2, -0.15) is 11.8 Å². The number of hydrogen-bond acceptors (Lipinski definition) is 12. The Morgan fingerprint density at radius 3 is 1.79 bits per heavy atom. The van der Waals surface area contributed by atoms with Crippen molar-refractivity contribution in [1.82, 2.24) is 20.9 Å². The van der Waals surface area contributed by atoms with E-state index in [1.54, 1.807) is 20.0 Å². The molecule has 4 amide bonds. The molecule has 0 saturated heterocycles. The van der Waals surface area contributed by atoms with Gasteiger partial charge in [-0.15, -0.1) is 0 Å². The number of guanidine groups is 2. The van der Waals surface area contributed by atoms with E-state index in [1.165, 1.54) is 11.8 Å². The number of ketones is 4. The number of fused-ring (bicyclic) bond motifs is 1. The second-order valence-electron chi connectivity index (χ2n) is 20.6. The van der Waals surface area contributed by atoms with Gasteiger partial charge in [0.15, 0.2) is 29.3 Å². The van der Waals surface area contributed by atoms with Gasteiger partial charge in [0.25, 0.3) is 0 Å². The molecule has 2 rings (SSSR count). The van der Waals surface area contributed by atoms with Crippen LogP contribution >= 0.6 is 11.8 Å². The van der Waals surface area contributed by atoms with Crippen LogP contribution in [0.4, 0.5) is 0 Å². The summed E-state index contributed by atoms with van der Waals surface area (Å²) in [6.07, 6.45) is 7.11. The summed E-state index contributed by atoms with van der Waals surface area (Å²) in [6.45, 7) is 11.9. The van der Waals surface area contributed by atoms with Crippen LogP contribution in [0.15, 0.2) is 40.4 Å². The number of H-pyrrole nitrogens is 1. The van der Waals surface area contributed by atoms with Crippen molar-refractivity contribution in [2.24, 2.45) is 85.8 Å². The Hall–Kier alpha value is -5.83. The zero-order valence-corrected chi connectivity index (χ0v) is 46.4. The SMILES string of the molecule is CC[C@H](C)[C@H](CC(=O)[C@H](C)NC(=O)[C@H](CCSC)CC(=O)[C@H](Cc1c[nH]c2ccccc12)NC(=O)[C@H](CCCCN)CC(=O)[C@H](CCCN=C(N)N)NC(=O)[C@@H](CC(=O)[C@@H](C)CCCN=C(N)N)CC(C)C)C(N)=O. The number of Topliss-reactive ketones (excluding diaryl/α,β-unsaturated/α-hetero) is 4.